The monoisotopic (exact) mass is 432 g/mol. The Hall–Kier alpha value is -1.53. The zero-order valence-corrected chi connectivity index (χ0v) is 17.9. The van der Waals surface area contributed by atoms with Crippen molar-refractivity contribution in [1.29, 1.82) is 0 Å². The minimum atomic E-state index is -3.99. The largest absolute Gasteiger partial charge is 0.342 e. The molecule has 1 aromatic rings. The SMILES string of the molecule is CCN(CC)C(=O)CN1CCCN(S(=O)(=O)c2cccc(S(N)(=O)=O)c2)CC1. The number of likely N-dealkylation sites (N-methyl/N-ethyl adjacent to an activating group) is 1. The van der Waals surface area contributed by atoms with E-state index in [1.807, 2.05) is 18.7 Å². The molecule has 28 heavy (non-hydrogen) atoms. The molecule has 2 rings (SSSR count). The van der Waals surface area contributed by atoms with Crippen LogP contribution in [0.3, 0.4) is 0 Å². The van der Waals surface area contributed by atoms with Gasteiger partial charge in [0.1, 0.15) is 0 Å². The van der Waals surface area contributed by atoms with Crippen LogP contribution in [0, 0.1) is 0 Å². The second kappa shape index (κ2) is 9.31. The predicted molar refractivity (Wildman–Crippen MR) is 106 cm³/mol. The summed E-state index contributed by atoms with van der Waals surface area (Å²) < 4.78 is 50.3. The van der Waals surface area contributed by atoms with Crippen molar-refractivity contribution in [3.05, 3.63) is 24.3 Å². The van der Waals surface area contributed by atoms with Crippen LogP contribution in [-0.2, 0) is 24.8 Å². The molecule has 1 aliphatic rings. The van der Waals surface area contributed by atoms with Gasteiger partial charge in [0.25, 0.3) is 0 Å². The fourth-order valence-electron chi connectivity index (χ4n) is 3.17. The maximum atomic E-state index is 12.9. The zero-order valence-electron chi connectivity index (χ0n) is 16.2. The van der Waals surface area contributed by atoms with Crippen molar-refractivity contribution in [2.75, 3.05) is 45.8 Å². The highest BCUT2D eigenvalue weighted by Gasteiger charge is 2.28. The highest BCUT2D eigenvalue weighted by molar-refractivity contribution is 7.90. The Bertz CT molecular complexity index is 898. The average Bonchev–Trinajstić information content (AvgIpc) is 2.88. The maximum Gasteiger partial charge on any atom is 0.243 e. The van der Waals surface area contributed by atoms with Crippen molar-refractivity contribution < 1.29 is 21.6 Å². The maximum absolute atomic E-state index is 12.9. The number of nitrogens with zero attached hydrogens (tertiary/aromatic N) is 3. The van der Waals surface area contributed by atoms with Gasteiger partial charge in [-0.25, -0.2) is 22.0 Å². The second-order valence-electron chi connectivity index (χ2n) is 6.62. The quantitative estimate of drug-likeness (QED) is 0.642. The number of primary sulfonamides is 1. The van der Waals surface area contributed by atoms with E-state index in [2.05, 4.69) is 0 Å². The Balaban J connectivity index is 2.12. The summed E-state index contributed by atoms with van der Waals surface area (Å²) in [5.41, 5.74) is 0. The molecular formula is C17H28N4O5S2. The predicted octanol–water partition coefficient (Wildman–Crippen LogP) is -0.101. The smallest absolute Gasteiger partial charge is 0.243 e. The third-order valence-electron chi connectivity index (χ3n) is 4.79. The van der Waals surface area contributed by atoms with Crippen LogP contribution in [0.1, 0.15) is 20.3 Å². The standard InChI is InChI=1S/C17H28N4O5S2/c1-3-20(4-2)17(22)14-19-9-6-10-21(12-11-19)28(25,26)16-8-5-7-15(13-16)27(18,23)24/h5,7-8,13H,3-4,6,9-12,14H2,1-2H3,(H2,18,23,24). The highest BCUT2D eigenvalue weighted by Crippen LogP contribution is 2.20. The van der Waals surface area contributed by atoms with Crippen LogP contribution in [0.4, 0.5) is 0 Å². The average molecular weight is 433 g/mol. The molecule has 0 aliphatic carbocycles. The summed E-state index contributed by atoms with van der Waals surface area (Å²) in [5, 5.41) is 5.11. The summed E-state index contributed by atoms with van der Waals surface area (Å²) in [5.74, 6) is 0.0298. The van der Waals surface area contributed by atoms with Gasteiger partial charge in [-0.05, 0) is 45.0 Å². The van der Waals surface area contributed by atoms with Gasteiger partial charge in [-0.2, -0.15) is 4.31 Å². The molecule has 0 spiro atoms. The van der Waals surface area contributed by atoms with Gasteiger partial charge in [-0.3, -0.25) is 9.69 Å². The van der Waals surface area contributed by atoms with E-state index < -0.39 is 20.0 Å². The van der Waals surface area contributed by atoms with E-state index in [0.29, 0.717) is 39.1 Å². The third kappa shape index (κ3) is 5.51. The van der Waals surface area contributed by atoms with Crippen molar-refractivity contribution in [1.82, 2.24) is 14.1 Å². The van der Waals surface area contributed by atoms with Crippen molar-refractivity contribution in [3.63, 3.8) is 0 Å². The number of carbonyl (C=O) groups is 1. The number of hydrogen-bond donors (Lipinski definition) is 1. The number of amides is 1. The molecule has 0 aromatic heterocycles. The zero-order chi connectivity index (χ0) is 20.9. The van der Waals surface area contributed by atoms with E-state index in [0.717, 1.165) is 6.07 Å². The molecule has 0 unspecified atom stereocenters. The fraction of sp³-hybridized carbons (Fsp3) is 0.588. The molecule has 1 aromatic carbocycles. The van der Waals surface area contributed by atoms with E-state index in [9.17, 15) is 21.6 Å². The molecule has 1 fully saturated rings. The van der Waals surface area contributed by atoms with Crippen LogP contribution in [0.2, 0.25) is 0 Å². The molecule has 2 N–H and O–H groups in total. The molecule has 0 bridgehead atoms. The van der Waals surface area contributed by atoms with Crippen LogP contribution in [0.5, 0.6) is 0 Å². The lowest BCUT2D eigenvalue weighted by Gasteiger charge is -2.25. The first-order valence-electron chi connectivity index (χ1n) is 9.22. The molecule has 0 atom stereocenters. The van der Waals surface area contributed by atoms with Gasteiger partial charge >= 0.3 is 0 Å². The van der Waals surface area contributed by atoms with Gasteiger partial charge < -0.3 is 4.90 Å². The summed E-state index contributed by atoms with van der Waals surface area (Å²) in [6.07, 6.45) is 0.583. The van der Waals surface area contributed by atoms with Gasteiger partial charge in [0.15, 0.2) is 0 Å². The van der Waals surface area contributed by atoms with Gasteiger partial charge in [-0.1, -0.05) is 6.07 Å². The van der Waals surface area contributed by atoms with E-state index in [1.54, 1.807) is 4.90 Å². The summed E-state index contributed by atoms with van der Waals surface area (Å²) in [4.78, 5) is 15.7. The van der Waals surface area contributed by atoms with Crippen LogP contribution in [0.25, 0.3) is 0 Å². The van der Waals surface area contributed by atoms with Gasteiger partial charge in [0, 0.05) is 32.7 Å². The summed E-state index contributed by atoms with van der Waals surface area (Å²) in [6.45, 7) is 6.98. The van der Waals surface area contributed by atoms with Gasteiger partial charge in [0.2, 0.25) is 26.0 Å². The Kier molecular flexibility index (Phi) is 7.57. The topological polar surface area (TPSA) is 121 Å². The molecular weight excluding hydrogens is 404 g/mol. The first-order chi connectivity index (χ1) is 13.1. The summed E-state index contributed by atoms with van der Waals surface area (Å²) in [6, 6.07) is 5.06. The third-order valence-corrected chi connectivity index (χ3v) is 7.60. The van der Waals surface area contributed by atoms with E-state index in [1.165, 1.54) is 22.5 Å². The second-order valence-corrected chi connectivity index (χ2v) is 10.1. The molecule has 0 saturated carbocycles. The van der Waals surface area contributed by atoms with Crippen LogP contribution >= 0.6 is 0 Å². The molecule has 0 radical (unpaired) electrons. The van der Waals surface area contributed by atoms with Crippen LogP contribution in [0.15, 0.2) is 34.1 Å². The number of hydrogen-bond acceptors (Lipinski definition) is 6. The fourth-order valence-corrected chi connectivity index (χ4v) is 5.32. The molecule has 158 valence electrons. The van der Waals surface area contributed by atoms with Crippen molar-refractivity contribution in [2.45, 2.75) is 30.1 Å². The Morgan fingerprint density at radius 3 is 2.29 bits per heavy atom. The number of benzene rings is 1. The molecule has 1 heterocycles. The van der Waals surface area contributed by atoms with Crippen molar-refractivity contribution in [2.24, 2.45) is 5.14 Å². The Morgan fingerprint density at radius 1 is 1.04 bits per heavy atom. The molecule has 1 aliphatic heterocycles. The van der Waals surface area contributed by atoms with Gasteiger partial charge in [0.05, 0.1) is 16.3 Å². The summed E-state index contributed by atoms with van der Waals surface area (Å²) in [7, 11) is -7.85. The Morgan fingerprint density at radius 2 is 1.68 bits per heavy atom. The van der Waals surface area contributed by atoms with E-state index in [4.69, 9.17) is 5.14 Å². The number of rotatable bonds is 7. The van der Waals surface area contributed by atoms with Crippen molar-refractivity contribution in [3.8, 4) is 0 Å². The van der Waals surface area contributed by atoms with Crippen molar-refractivity contribution >= 4 is 26.0 Å². The number of nitrogens with two attached hydrogens (primary N) is 1. The number of sulfonamides is 2. The minimum absolute atomic E-state index is 0.0298. The lowest BCUT2D eigenvalue weighted by atomic mass is 10.3. The normalized spacial score (nSPS) is 17.2. The lowest BCUT2D eigenvalue weighted by Crippen LogP contribution is -2.42. The molecule has 11 heteroatoms. The Labute approximate surface area is 167 Å². The molecule has 1 saturated heterocycles. The highest BCUT2D eigenvalue weighted by atomic mass is 32.2. The van der Waals surface area contributed by atoms with E-state index in [-0.39, 0.29) is 28.8 Å². The molecule has 1 amide bonds. The van der Waals surface area contributed by atoms with Crippen LogP contribution in [-0.4, -0.2) is 82.7 Å². The first-order valence-corrected chi connectivity index (χ1v) is 12.2. The minimum Gasteiger partial charge on any atom is -0.342 e. The number of carbonyl (C=O) groups excluding carboxylic acids is 1. The summed E-state index contributed by atoms with van der Waals surface area (Å²) >= 11 is 0. The van der Waals surface area contributed by atoms with E-state index >= 15 is 0 Å². The molecule has 9 nitrogen and oxygen atoms in total. The van der Waals surface area contributed by atoms with Gasteiger partial charge in [-0.15, -0.1) is 0 Å². The van der Waals surface area contributed by atoms with Crippen LogP contribution < -0.4 is 5.14 Å². The lowest BCUT2D eigenvalue weighted by molar-refractivity contribution is -0.132. The first kappa shape index (κ1) is 22.8.